The van der Waals surface area contributed by atoms with Gasteiger partial charge in [0.05, 0.1) is 11.8 Å². The summed E-state index contributed by atoms with van der Waals surface area (Å²) in [5.74, 6) is -0.851. The molecule has 124 valence electrons. The molecule has 3 amide bonds. The van der Waals surface area contributed by atoms with Crippen LogP contribution in [0.3, 0.4) is 0 Å². The van der Waals surface area contributed by atoms with Crippen LogP contribution in [0.1, 0.15) is 17.5 Å². The molecule has 1 N–H and O–H groups in total. The summed E-state index contributed by atoms with van der Waals surface area (Å²) >= 11 is 0. The molecule has 4 unspecified atom stereocenters. The number of rotatable bonds is 3. The number of benzene rings is 1. The average molecular weight is 324 g/mol. The van der Waals surface area contributed by atoms with Gasteiger partial charge in [-0.15, -0.1) is 0 Å². The Balaban J connectivity index is 1.48. The number of carbonyl (C=O) groups excluding carboxylic acids is 3. The van der Waals surface area contributed by atoms with E-state index in [2.05, 4.69) is 17.5 Å². The van der Waals surface area contributed by atoms with Crippen LogP contribution in [-0.2, 0) is 14.4 Å². The largest absolute Gasteiger partial charge is 0.324 e. The van der Waals surface area contributed by atoms with Gasteiger partial charge >= 0.3 is 0 Å². The van der Waals surface area contributed by atoms with Crippen molar-refractivity contribution in [1.29, 1.82) is 0 Å². The monoisotopic (exact) mass is 324 g/mol. The Morgan fingerprint density at radius 3 is 2.38 bits per heavy atom. The van der Waals surface area contributed by atoms with E-state index in [9.17, 15) is 14.4 Å². The Labute approximate surface area is 140 Å². The maximum atomic E-state index is 12.6. The second-order valence-corrected chi connectivity index (χ2v) is 7.06. The highest BCUT2D eigenvalue weighted by Crippen LogP contribution is 2.52. The number of likely N-dealkylation sites (tertiary alicyclic amines) is 1. The number of hydrogen-bond donors (Lipinski definition) is 1. The van der Waals surface area contributed by atoms with Crippen molar-refractivity contribution < 1.29 is 14.4 Å². The zero-order valence-corrected chi connectivity index (χ0v) is 13.8. The Kier molecular flexibility index (Phi) is 3.34. The lowest BCUT2D eigenvalue weighted by molar-refractivity contribution is -0.143. The van der Waals surface area contributed by atoms with E-state index in [0.29, 0.717) is 0 Å². The number of imide groups is 1. The molecular formula is C19H20N2O3. The van der Waals surface area contributed by atoms with Crippen LogP contribution in [0.4, 0.5) is 5.69 Å². The summed E-state index contributed by atoms with van der Waals surface area (Å²) in [6.45, 7) is 3.71. The summed E-state index contributed by atoms with van der Waals surface area (Å²) in [6, 6.07) is 5.67. The number of nitrogens with zero attached hydrogens (tertiary/aromatic N) is 1. The number of hydrogen-bond acceptors (Lipinski definition) is 3. The van der Waals surface area contributed by atoms with Crippen LogP contribution in [0.2, 0.25) is 0 Å². The van der Waals surface area contributed by atoms with Crippen molar-refractivity contribution in [2.24, 2.45) is 23.7 Å². The molecule has 0 radical (unpaired) electrons. The Morgan fingerprint density at radius 1 is 1.12 bits per heavy atom. The first-order chi connectivity index (χ1) is 11.5. The second-order valence-electron chi connectivity index (χ2n) is 7.06. The molecule has 1 aromatic carbocycles. The zero-order valence-electron chi connectivity index (χ0n) is 13.8. The van der Waals surface area contributed by atoms with Crippen LogP contribution >= 0.6 is 0 Å². The van der Waals surface area contributed by atoms with Gasteiger partial charge < -0.3 is 5.32 Å². The van der Waals surface area contributed by atoms with Crippen LogP contribution in [-0.4, -0.2) is 29.2 Å². The van der Waals surface area contributed by atoms with Crippen LogP contribution in [0.25, 0.3) is 0 Å². The number of amides is 3. The van der Waals surface area contributed by atoms with Gasteiger partial charge in [0.1, 0.15) is 6.54 Å². The van der Waals surface area contributed by atoms with Gasteiger partial charge in [-0.2, -0.15) is 0 Å². The highest BCUT2D eigenvalue weighted by Gasteiger charge is 2.59. The fourth-order valence-electron chi connectivity index (χ4n) is 4.34. The summed E-state index contributed by atoms with van der Waals surface area (Å²) in [5.41, 5.74) is 2.79. The molecule has 2 aliphatic carbocycles. The van der Waals surface area contributed by atoms with Crippen LogP contribution in [0, 0.1) is 37.5 Å². The average Bonchev–Trinajstić information content (AvgIpc) is 3.22. The maximum absolute atomic E-state index is 12.6. The van der Waals surface area contributed by atoms with Crippen molar-refractivity contribution in [1.82, 2.24) is 4.90 Å². The summed E-state index contributed by atoms with van der Waals surface area (Å²) in [4.78, 5) is 38.7. The van der Waals surface area contributed by atoms with Crippen molar-refractivity contribution in [3.05, 3.63) is 41.5 Å². The Bertz CT molecular complexity index is 753. The third kappa shape index (κ3) is 2.11. The molecular weight excluding hydrogens is 304 g/mol. The normalized spacial score (nSPS) is 30.2. The molecule has 1 saturated heterocycles. The number of aryl methyl sites for hydroxylation is 1. The van der Waals surface area contributed by atoms with Gasteiger partial charge in [-0.1, -0.05) is 24.3 Å². The smallest absolute Gasteiger partial charge is 0.244 e. The standard InChI is InChI=1S/C19H20N2O3/c1-10-4-3-5-14(11(10)2)20-15(22)9-21-18(23)16-12-6-7-13(8-12)17(16)19(21)24/h3-7,12-13,16-17H,8-9H2,1-2H3,(H,20,22). The zero-order chi connectivity index (χ0) is 17.0. The molecule has 3 aliphatic rings. The molecule has 4 rings (SSSR count). The molecule has 1 aromatic rings. The number of allylic oxidation sites excluding steroid dienone is 2. The van der Waals surface area contributed by atoms with Gasteiger partial charge in [0.15, 0.2) is 0 Å². The van der Waals surface area contributed by atoms with E-state index in [1.807, 2.05) is 32.0 Å². The molecule has 2 bridgehead atoms. The lowest BCUT2D eigenvalue weighted by Gasteiger charge is -2.17. The predicted octanol–water partition coefficient (Wildman–Crippen LogP) is 2.05. The Hall–Kier alpha value is -2.43. The molecule has 0 spiro atoms. The summed E-state index contributed by atoms with van der Waals surface area (Å²) in [6.07, 6.45) is 5.00. The number of carbonyl (C=O) groups is 3. The van der Waals surface area contributed by atoms with Gasteiger partial charge in [-0.3, -0.25) is 19.3 Å². The Morgan fingerprint density at radius 2 is 1.75 bits per heavy atom. The first-order valence-corrected chi connectivity index (χ1v) is 8.37. The van der Waals surface area contributed by atoms with Crippen molar-refractivity contribution in [2.75, 3.05) is 11.9 Å². The summed E-state index contributed by atoms with van der Waals surface area (Å²) in [7, 11) is 0. The second kappa shape index (κ2) is 5.30. The van der Waals surface area contributed by atoms with E-state index in [-0.39, 0.29) is 47.9 Å². The lowest BCUT2D eigenvalue weighted by atomic mass is 9.85. The van der Waals surface area contributed by atoms with Gasteiger partial charge in [-0.25, -0.2) is 0 Å². The molecule has 1 heterocycles. The predicted molar refractivity (Wildman–Crippen MR) is 89.0 cm³/mol. The molecule has 4 atom stereocenters. The molecule has 0 aromatic heterocycles. The molecule has 2 fully saturated rings. The van der Waals surface area contributed by atoms with Crippen molar-refractivity contribution >= 4 is 23.4 Å². The molecule has 5 nitrogen and oxygen atoms in total. The number of nitrogens with one attached hydrogen (secondary N) is 1. The van der Waals surface area contributed by atoms with Crippen LogP contribution in [0.15, 0.2) is 30.4 Å². The van der Waals surface area contributed by atoms with E-state index in [1.54, 1.807) is 0 Å². The van der Waals surface area contributed by atoms with E-state index in [4.69, 9.17) is 0 Å². The van der Waals surface area contributed by atoms with Crippen molar-refractivity contribution in [3.8, 4) is 0 Å². The van der Waals surface area contributed by atoms with Gasteiger partial charge in [-0.05, 0) is 49.3 Å². The quantitative estimate of drug-likeness (QED) is 0.683. The minimum atomic E-state index is -0.328. The van der Waals surface area contributed by atoms with Crippen LogP contribution in [0.5, 0.6) is 0 Å². The third-order valence-electron chi connectivity index (χ3n) is 5.74. The topological polar surface area (TPSA) is 66.5 Å². The highest BCUT2D eigenvalue weighted by atomic mass is 16.2. The van der Waals surface area contributed by atoms with E-state index < -0.39 is 0 Å². The minimum Gasteiger partial charge on any atom is -0.324 e. The van der Waals surface area contributed by atoms with Crippen molar-refractivity contribution in [3.63, 3.8) is 0 Å². The molecule has 24 heavy (non-hydrogen) atoms. The first kappa shape index (κ1) is 15.1. The van der Waals surface area contributed by atoms with E-state index in [1.165, 1.54) is 0 Å². The van der Waals surface area contributed by atoms with Gasteiger partial charge in [0.25, 0.3) is 0 Å². The summed E-state index contributed by atoms with van der Waals surface area (Å²) < 4.78 is 0. The lowest BCUT2D eigenvalue weighted by Crippen LogP contribution is -2.39. The van der Waals surface area contributed by atoms with Gasteiger partial charge in [0.2, 0.25) is 17.7 Å². The molecule has 5 heteroatoms. The van der Waals surface area contributed by atoms with Crippen molar-refractivity contribution in [2.45, 2.75) is 20.3 Å². The highest BCUT2D eigenvalue weighted by molar-refractivity contribution is 6.09. The first-order valence-electron chi connectivity index (χ1n) is 8.37. The fraction of sp³-hybridized carbons (Fsp3) is 0.421. The van der Waals surface area contributed by atoms with Gasteiger partial charge in [0, 0.05) is 5.69 Å². The SMILES string of the molecule is Cc1cccc(NC(=O)CN2C(=O)C3C4C=CC(C4)C3C2=O)c1C. The molecule has 1 saturated carbocycles. The molecule has 1 aliphatic heterocycles. The number of fused-ring (bicyclic) bond motifs is 5. The minimum absolute atomic E-state index is 0.170. The summed E-state index contributed by atoms with van der Waals surface area (Å²) in [5, 5.41) is 2.82. The van der Waals surface area contributed by atoms with E-state index >= 15 is 0 Å². The third-order valence-corrected chi connectivity index (χ3v) is 5.74. The maximum Gasteiger partial charge on any atom is 0.244 e. The fourth-order valence-corrected chi connectivity index (χ4v) is 4.34. The number of anilines is 1. The van der Waals surface area contributed by atoms with E-state index in [0.717, 1.165) is 28.1 Å². The van der Waals surface area contributed by atoms with Crippen LogP contribution < -0.4 is 5.32 Å².